The van der Waals surface area contributed by atoms with Gasteiger partial charge in [0.2, 0.25) is 0 Å². The van der Waals surface area contributed by atoms with Gasteiger partial charge in [-0.2, -0.15) is 0 Å². The van der Waals surface area contributed by atoms with Crippen LogP contribution in [0.5, 0.6) is 0 Å². The Hall–Kier alpha value is -1.68. The summed E-state index contributed by atoms with van der Waals surface area (Å²) in [7, 11) is 0. The molecule has 1 amide bonds. The molecule has 1 rings (SSSR count). The zero-order valence-corrected chi connectivity index (χ0v) is 8.65. The number of Topliss-reactive ketones (excluding diaryl/α,β-unsaturated/α-hetero) is 1. The van der Waals surface area contributed by atoms with E-state index in [2.05, 4.69) is 5.32 Å². The maximum absolute atomic E-state index is 11.5. The number of nitrogens with one attached hydrogen (secondary N) is 1. The highest BCUT2D eigenvalue weighted by Crippen LogP contribution is 2.11. The summed E-state index contributed by atoms with van der Waals surface area (Å²) in [5.74, 6) is -1.31. The average molecular weight is 207 g/mol. The molecule has 0 bridgehead atoms. The van der Waals surface area contributed by atoms with Crippen LogP contribution in [0.25, 0.3) is 0 Å². The fraction of sp³-hybridized carbons (Fsp3) is 0.273. The lowest BCUT2D eigenvalue weighted by Crippen LogP contribution is -2.45. The van der Waals surface area contributed by atoms with Crippen molar-refractivity contribution in [3.8, 4) is 0 Å². The number of hydrogen-bond donors (Lipinski definition) is 2. The first kappa shape index (κ1) is 11.4. The van der Waals surface area contributed by atoms with Gasteiger partial charge in [-0.3, -0.25) is 9.59 Å². The third-order valence-electron chi connectivity index (χ3n) is 2.16. The van der Waals surface area contributed by atoms with Gasteiger partial charge in [0.25, 0.3) is 5.91 Å². The summed E-state index contributed by atoms with van der Waals surface area (Å²) in [6, 6.07) is 8.65. The molecule has 0 spiro atoms. The van der Waals surface area contributed by atoms with E-state index in [-0.39, 0.29) is 0 Å². The highest BCUT2D eigenvalue weighted by molar-refractivity contribution is 6.12. The Kier molecular flexibility index (Phi) is 3.21. The number of anilines is 1. The first-order chi connectivity index (χ1) is 6.94. The van der Waals surface area contributed by atoms with Crippen LogP contribution >= 0.6 is 0 Å². The number of rotatable bonds is 3. The highest BCUT2D eigenvalue weighted by Gasteiger charge is 2.35. The number of aliphatic hydroxyl groups is 1. The molecule has 0 radical (unpaired) electrons. The summed E-state index contributed by atoms with van der Waals surface area (Å²) in [5, 5.41) is 12.0. The summed E-state index contributed by atoms with van der Waals surface area (Å²) in [6.07, 6.45) is 0. The van der Waals surface area contributed by atoms with Crippen LogP contribution in [0.4, 0.5) is 5.69 Å². The molecule has 0 heterocycles. The molecule has 0 aliphatic heterocycles. The van der Waals surface area contributed by atoms with Gasteiger partial charge in [-0.05, 0) is 26.0 Å². The topological polar surface area (TPSA) is 66.4 Å². The Bertz CT molecular complexity index is 371. The SMILES string of the molecule is CC(=O)C(C)(O)C(=O)Nc1ccccc1. The minimum atomic E-state index is -1.98. The second kappa shape index (κ2) is 4.23. The molecule has 0 aliphatic carbocycles. The monoisotopic (exact) mass is 207 g/mol. The largest absolute Gasteiger partial charge is 0.373 e. The van der Waals surface area contributed by atoms with Crippen molar-refractivity contribution in [3.05, 3.63) is 30.3 Å². The average Bonchev–Trinajstić information content (AvgIpc) is 2.18. The molecule has 2 N–H and O–H groups in total. The predicted octanol–water partition coefficient (Wildman–Crippen LogP) is 0.965. The highest BCUT2D eigenvalue weighted by atomic mass is 16.3. The number of carbonyl (C=O) groups excluding carboxylic acids is 2. The van der Waals surface area contributed by atoms with Gasteiger partial charge in [0.15, 0.2) is 11.4 Å². The second-order valence-corrected chi connectivity index (χ2v) is 3.45. The van der Waals surface area contributed by atoms with Crippen LogP contribution in [0.3, 0.4) is 0 Å². The van der Waals surface area contributed by atoms with Gasteiger partial charge >= 0.3 is 0 Å². The molecule has 1 atom stereocenters. The van der Waals surface area contributed by atoms with Crippen LogP contribution in [-0.2, 0) is 9.59 Å². The van der Waals surface area contributed by atoms with Crippen LogP contribution in [0.2, 0.25) is 0 Å². The number of para-hydroxylation sites is 1. The molecule has 4 nitrogen and oxygen atoms in total. The van der Waals surface area contributed by atoms with Crippen molar-refractivity contribution in [2.24, 2.45) is 0 Å². The Morgan fingerprint density at radius 1 is 1.27 bits per heavy atom. The molecule has 1 unspecified atom stereocenters. The van der Waals surface area contributed by atoms with E-state index in [9.17, 15) is 14.7 Å². The Morgan fingerprint density at radius 2 is 1.80 bits per heavy atom. The number of amides is 1. The Balaban J connectivity index is 2.77. The lowest BCUT2D eigenvalue weighted by molar-refractivity contribution is -0.145. The van der Waals surface area contributed by atoms with Gasteiger partial charge < -0.3 is 10.4 Å². The molecule has 80 valence electrons. The molecule has 0 saturated carbocycles. The normalized spacial score (nSPS) is 14.1. The summed E-state index contributed by atoms with van der Waals surface area (Å²) >= 11 is 0. The molecule has 0 fully saturated rings. The minimum Gasteiger partial charge on any atom is -0.373 e. The molecule has 0 aromatic heterocycles. The summed E-state index contributed by atoms with van der Waals surface area (Å²) in [4.78, 5) is 22.5. The fourth-order valence-corrected chi connectivity index (χ4v) is 0.934. The van der Waals surface area contributed by atoms with E-state index in [1.165, 1.54) is 13.8 Å². The number of carbonyl (C=O) groups is 2. The number of benzene rings is 1. The zero-order chi connectivity index (χ0) is 11.5. The van der Waals surface area contributed by atoms with E-state index in [0.29, 0.717) is 5.69 Å². The van der Waals surface area contributed by atoms with E-state index < -0.39 is 17.3 Å². The molecule has 1 aromatic carbocycles. The smallest absolute Gasteiger partial charge is 0.263 e. The van der Waals surface area contributed by atoms with Crippen LogP contribution in [-0.4, -0.2) is 22.4 Å². The summed E-state index contributed by atoms with van der Waals surface area (Å²) in [6.45, 7) is 2.35. The van der Waals surface area contributed by atoms with Crippen molar-refractivity contribution in [3.63, 3.8) is 0 Å². The third kappa shape index (κ3) is 2.63. The van der Waals surface area contributed by atoms with Crippen molar-refractivity contribution >= 4 is 17.4 Å². The zero-order valence-electron chi connectivity index (χ0n) is 8.65. The molecule has 0 saturated heterocycles. The van der Waals surface area contributed by atoms with Crippen LogP contribution in [0.15, 0.2) is 30.3 Å². The van der Waals surface area contributed by atoms with Crippen molar-refractivity contribution in [1.82, 2.24) is 0 Å². The van der Waals surface area contributed by atoms with E-state index in [1.54, 1.807) is 30.3 Å². The number of ketones is 1. The molecule has 4 heteroatoms. The van der Waals surface area contributed by atoms with E-state index >= 15 is 0 Å². The van der Waals surface area contributed by atoms with Gasteiger partial charge in [-0.15, -0.1) is 0 Å². The Labute approximate surface area is 87.9 Å². The summed E-state index contributed by atoms with van der Waals surface area (Å²) < 4.78 is 0. The lowest BCUT2D eigenvalue weighted by Gasteiger charge is -2.18. The fourth-order valence-electron chi connectivity index (χ4n) is 0.934. The molecular formula is C11H13NO3. The second-order valence-electron chi connectivity index (χ2n) is 3.45. The van der Waals surface area contributed by atoms with Gasteiger partial charge in [0, 0.05) is 5.69 Å². The minimum absolute atomic E-state index is 0.545. The molecule has 0 aliphatic rings. The van der Waals surface area contributed by atoms with Crippen LogP contribution < -0.4 is 5.32 Å². The first-order valence-electron chi connectivity index (χ1n) is 4.54. The van der Waals surface area contributed by atoms with Gasteiger partial charge in [0.05, 0.1) is 0 Å². The molecule has 1 aromatic rings. The number of hydrogen-bond acceptors (Lipinski definition) is 3. The van der Waals surface area contributed by atoms with Crippen molar-refractivity contribution in [1.29, 1.82) is 0 Å². The first-order valence-corrected chi connectivity index (χ1v) is 4.54. The molecular weight excluding hydrogens is 194 g/mol. The van der Waals surface area contributed by atoms with Crippen molar-refractivity contribution in [2.45, 2.75) is 19.4 Å². The van der Waals surface area contributed by atoms with Crippen molar-refractivity contribution in [2.75, 3.05) is 5.32 Å². The Morgan fingerprint density at radius 3 is 2.27 bits per heavy atom. The van der Waals surface area contributed by atoms with Gasteiger partial charge in [0.1, 0.15) is 0 Å². The maximum atomic E-state index is 11.5. The van der Waals surface area contributed by atoms with Crippen LogP contribution in [0, 0.1) is 0 Å². The van der Waals surface area contributed by atoms with Gasteiger partial charge in [-0.1, -0.05) is 18.2 Å². The standard InChI is InChI=1S/C11H13NO3/c1-8(13)11(2,15)10(14)12-9-6-4-3-5-7-9/h3-7,15H,1-2H3,(H,12,14). The van der Waals surface area contributed by atoms with Crippen LogP contribution in [0.1, 0.15) is 13.8 Å². The lowest BCUT2D eigenvalue weighted by atomic mass is 10.0. The van der Waals surface area contributed by atoms with E-state index in [1.807, 2.05) is 0 Å². The third-order valence-corrected chi connectivity index (χ3v) is 2.16. The quantitative estimate of drug-likeness (QED) is 0.725. The maximum Gasteiger partial charge on any atom is 0.263 e. The van der Waals surface area contributed by atoms with E-state index in [4.69, 9.17) is 0 Å². The molecule has 15 heavy (non-hydrogen) atoms. The van der Waals surface area contributed by atoms with E-state index in [0.717, 1.165) is 0 Å². The van der Waals surface area contributed by atoms with Gasteiger partial charge in [-0.25, -0.2) is 0 Å². The predicted molar refractivity (Wildman–Crippen MR) is 56.4 cm³/mol. The van der Waals surface area contributed by atoms with Crippen molar-refractivity contribution < 1.29 is 14.7 Å². The summed E-state index contributed by atoms with van der Waals surface area (Å²) in [5.41, 5.74) is -1.43.